The lowest BCUT2D eigenvalue weighted by atomic mass is 10.3. The van der Waals surface area contributed by atoms with Gasteiger partial charge in [0.2, 0.25) is 0 Å². The van der Waals surface area contributed by atoms with E-state index >= 15 is 0 Å². The number of morpholine rings is 1. The fraction of sp³-hybridized carbons (Fsp3) is 0.600. The number of rotatable bonds is 2. The summed E-state index contributed by atoms with van der Waals surface area (Å²) in [6, 6.07) is 0. The van der Waals surface area contributed by atoms with Crippen LogP contribution < -0.4 is 11.3 Å². The molecule has 0 spiro atoms. The fourth-order valence-electron chi connectivity index (χ4n) is 1.81. The summed E-state index contributed by atoms with van der Waals surface area (Å²) < 4.78 is 7.01. The summed E-state index contributed by atoms with van der Waals surface area (Å²) in [6.07, 6.45) is 1.38. The Bertz CT molecular complexity index is 462. The summed E-state index contributed by atoms with van der Waals surface area (Å²) >= 11 is 5.66. The van der Waals surface area contributed by atoms with Crippen LogP contribution in [0.1, 0.15) is 0 Å². The van der Waals surface area contributed by atoms with Crippen LogP contribution in [0.15, 0.2) is 11.1 Å². The van der Waals surface area contributed by atoms with Crippen LogP contribution in [0.4, 0.5) is 5.69 Å². The van der Waals surface area contributed by atoms with E-state index in [1.54, 1.807) is 0 Å². The molecule has 94 valence electrons. The molecular weight excluding hydrogens is 244 g/mol. The predicted octanol–water partition coefficient (Wildman–Crippen LogP) is -0.191. The number of nitrogen functional groups attached to an aromatic ring is 1. The van der Waals surface area contributed by atoms with Gasteiger partial charge in [0.05, 0.1) is 25.6 Å². The molecule has 0 radical (unpaired) electrons. The van der Waals surface area contributed by atoms with Gasteiger partial charge in [0.15, 0.2) is 5.15 Å². The number of aromatic nitrogens is 2. The SMILES string of the molecule is CN1CCOC(Cn2cnc(Cl)c(N)c2=O)C1. The predicted molar refractivity (Wildman–Crippen MR) is 65.2 cm³/mol. The molecule has 1 aromatic heterocycles. The summed E-state index contributed by atoms with van der Waals surface area (Å²) in [6.45, 7) is 2.81. The standard InChI is InChI=1S/C10H15ClN4O2/c1-14-2-3-17-7(4-14)5-15-6-13-9(11)8(12)10(15)16/h6-7H,2-5,12H2,1H3. The molecule has 0 saturated carbocycles. The molecule has 0 amide bonds. The minimum atomic E-state index is -0.318. The molecular formula is C10H15ClN4O2. The van der Waals surface area contributed by atoms with Crippen LogP contribution >= 0.6 is 11.6 Å². The van der Waals surface area contributed by atoms with Gasteiger partial charge in [-0.25, -0.2) is 4.98 Å². The first-order valence-electron chi connectivity index (χ1n) is 5.38. The van der Waals surface area contributed by atoms with Crippen LogP contribution in [0.5, 0.6) is 0 Å². The van der Waals surface area contributed by atoms with Gasteiger partial charge in [-0.15, -0.1) is 0 Å². The van der Waals surface area contributed by atoms with Gasteiger partial charge in [0.1, 0.15) is 5.69 Å². The highest BCUT2D eigenvalue weighted by Gasteiger charge is 2.19. The Balaban J connectivity index is 2.13. The zero-order valence-electron chi connectivity index (χ0n) is 9.60. The van der Waals surface area contributed by atoms with Crippen molar-refractivity contribution in [1.29, 1.82) is 0 Å². The molecule has 6 nitrogen and oxygen atoms in total. The molecule has 17 heavy (non-hydrogen) atoms. The van der Waals surface area contributed by atoms with E-state index in [9.17, 15) is 4.79 Å². The van der Waals surface area contributed by atoms with E-state index in [4.69, 9.17) is 22.1 Å². The van der Waals surface area contributed by atoms with Gasteiger partial charge in [0.25, 0.3) is 5.56 Å². The lowest BCUT2D eigenvalue weighted by Crippen LogP contribution is -2.43. The molecule has 2 rings (SSSR count). The number of hydrogen-bond donors (Lipinski definition) is 1. The number of nitrogens with zero attached hydrogens (tertiary/aromatic N) is 3. The Kier molecular flexibility index (Phi) is 3.66. The molecule has 7 heteroatoms. The monoisotopic (exact) mass is 258 g/mol. The van der Waals surface area contributed by atoms with E-state index in [1.807, 2.05) is 7.05 Å². The molecule has 1 aliphatic rings. The minimum absolute atomic E-state index is 0.0154. The lowest BCUT2D eigenvalue weighted by molar-refractivity contribution is -0.0280. The van der Waals surface area contributed by atoms with Gasteiger partial charge in [-0.3, -0.25) is 9.36 Å². The third-order valence-corrected chi connectivity index (χ3v) is 3.07. The smallest absolute Gasteiger partial charge is 0.278 e. The number of halogens is 1. The molecule has 1 aliphatic heterocycles. The first-order chi connectivity index (χ1) is 8.08. The number of hydrogen-bond acceptors (Lipinski definition) is 5. The average molecular weight is 259 g/mol. The van der Waals surface area contributed by atoms with Crippen molar-refractivity contribution >= 4 is 17.3 Å². The highest BCUT2D eigenvalue weighted by Crippen LogP contribution is 2.09. The Morgan fingerprint density at radius 3 is 3.18 bits per heavy atom. The van der Waals surface area contributed by atoms with Crippen LogP contribution in [0, 0.1) is 0 Å². The largest absolute Gasteiger partial charge is 0.392 e. The van der Waals surface area contributed by atoms with Crippen LogP contribution in [-0.4, -0.2) is 47.3 Å². The van der Waals surface area contributed by atoms with Crippen molar-refractivity contribution in [2.45, 2.75) is 12.6 Å². The van der Waals surface area contributed by atoms with Crippen LogP contribution in [0.25, 0.3) is 0 Å². The molecule has 2 heterocycles. The third kappa shape index (κ3) is 2.77. The molecule has 0 aromatic carbocycles. The molecule has 1 fully saturated rings. The maximum absolute atomic E-state index is 11.8. The number of ether oxygens (including phenoxy) is 1. The number of nitrogens with two attached hydrogens (primary N) is 1. The van der Waals surface area contributed by atoms with Gasteiger partial charge in [-0.05, 0) is 7.05 Å². The quantitative estimate of drug-likeness (QED) is 0.745. The maximum atomic E-state index is 11.8. The molecule has 1 saturated heterocycles. The highest BCUT2D eigenvalue weighted by atomic mass is 35.5. The number of anilines is 1. The zero-order valence-corrected chi connectivity index (χ0v) is 10.4. The maximum Gasteiger partial charge on any atom is 0.278 e. The summed E-state index contributed by atoms with van der Waals surface area (Å²) in [7, 11) is 2.02. The van der Waals surface area contributed by atoms with E-state index in [-0.39, 0.29) is 22.5 Å². The van der Waals surface area contributed by atoms with Crippen molar-refractivity contribution in [3.8, 4) is 0 Å². The molecule has 0 aliphatic carbocycles. The summed E-state index contributed by atoms with van der Waals surface area (Å²) in [5.74, 6) is 0. The Hall–Kier alpha value is -1.11. The van der Waals surface area contributed by atoms with Crippen LogP contribution in [0.3, 0.4) is 0 Å². The molecule has 0 bridgehead atoms. The van der Waals surface area contributed by atoms with Gasteiger partial charge >= 0.3 is 0 Å². The van der Waals surface area contributed by atoms with Gasteiger partial charge in [-0.2, -0.15) is 0 Å². The van der Waals surface area contributed by atoms with E-state index in [0.717, 1.165) is 13.1 Å². The van der Waals surface area contributed by atoms with Crippen molar-refractivity contribution < 1.29 is 4.74 Å². The van der Waals surface area contributed by atoms with Crippen molar-refractivity contribution in [3.63, 3.8) is 0 Å². The second kappa shape index (κ2) is 5.03. The van der Waals surface area contributed by atoms with E-state index in [0.29, 0.717) is 13.2 Å². The van der Waals surface area contributed by atoms with E-state index in [1.165, 1.54) is 10.9 Å². The summed E-state index contributed by atoms with van der Waals surface area (Å²) in [5, 5.41) is 0.0490. The number of likely N-dealkylation sites (N-methyl/N-ethyl adjacent to an activating group) is 1. The first kappa shape index (κ1) is 12.3. The van der Waals surface area contributed by atoms with Crippen LogP contribution in [-0.2, 0) is 11.3 Å². The van der Waals surface area contributed by atoms with E-state index < -0.39 is 0 Å². The topological polar surface area (TPSA) is 73.4 Å². The average Bonchev–Trinajstić information content (AvgIpc) is 2.30. The molecule has 1 unspecified atom stereocenters. The normalized spacial score (nSPS) is 21.6. The highest BCUT2D eigenvalue weighted by molar-refractivity contribution is 6.31. The van der Waals surface area contributed by atoms with E-state index in [2.05, 4.69) is 9.88 Å². The van der Waals surface area contributed by atoms with Crippen molar-refractivity contribution in [2.75, 3.05) is 32.5 Å². The molecule has 2 N–H and O–H groups in total. The van der Waals surface area contributed by atoms with Crippen molar-refractivity contribution in [2.24, 2.45) is 0 Å². The summed E-state index contributed by atoms with van der Waals surface area (Å²) in [5.41, 5.74) is 5.20. The minimum Gasteiger partial charge on any atom is -0.392 e. The van der Waals surface area contributed by atoms with Crippen molar-refractivity contribution in [1.82, 2.24) is 14.5 Å². The summed E-state index contributed by atoms with van der Waals surface area (Å²) in [4.78, 5) is 17.8. The van der Waals surface area contributed by atoms with Gasteiger partial charge < -0.3 is 15.4 Å². The Morgan fingerprint density at radius 2 is 2.47 bits per heavy atom. The molecule has 1 atom stereocenters. The second-order valence-electron chi connectivity index (χ2n) is 4.16. The Morgan fingerprint density at radius 1 is 1.71 bits per heavy atom. The fourth-order valence-corrected chi connectivity index (χ4v) is 1.94. The van der Waals surface area contributed by atoms with Gasteiger partial charge in [-0.1, -0.05) is 11.6 Å². The second-order valence-corrected chi connectivity index (χ2v) is 4.52. The van der Waals surface area contributed by atoms with Crippen molar-refractivity contribution in [3.05, 3.63) is 21.8 Å². The van der Waals surface area contributed by atoms with Gasteiger partial charge in [0, 0.05) is 13.1 Å². The lowest BCUT2D eigenvalue weighted by Gasteiger charge is -2.30. The first-order valence-corrected chi connectivity index (χ1v) is 5.76. The zero-order chi connectivity index (χ0) is 12.4. The Labute approximate surface area is 104 Å². The molecule has 1 aromatic rings. The third-order valence-electron chi connectivity index (χ3n) is 2.77. The van der Waals surface area contributed by atoms with Crippen LogP contribution in [0.2, 0.25) is 5.15 Å².